The molecule has 7 heteroatoms. The topological polar surface area (TPSA) is 69.9 Å². The highest BCUT2D eigenvalue weighted by atomic mass is 16.5. The van der Waals surface area contributed by atoms with Crippen LogP contribution in [0.1, 0.15) is 43.7 Å². The minimum atomic E-state index is -0.366. The zero-order valence-corrected chi connectivity index (χ0v) is 17.4. The summed E-state index contributed by atoms with van der Waals surface area (Å²) in [5.41, 5.74) is 1.59. The van der Waals surface area contributed by atoms with Gasteiger partial charge in [0.2, 0.25) is 11.8 Å². The van der Waals surface area contributed by atoms with Gasteiger partial charge in [-0.25, -0.2) is 0 Å². The molecule has 0 saturated carbocycles. The Morgan fingerprint density at radius 1 is 1.30 bits per heavy atom. The number of fused-ring (bicyclic) bond motifs is 1. The van der Waals surface area contributed by atoms with Crippen LogP contribution in [0.15, 0.2) is 4.52 Å². The summed E-state index contributed by atoms with van der Waals surface area (Å²) < 4.78 is 5.20. The minimum Gasteiger partial charge on any atom is -0.361 e. The van der Waals surface area contributed by atoms with Crippen LogP contribution in [0.5, 0.6) is 0 Å². The number of nitrogens with zero attached hydrogens (tertiary/aromatic N) is 4. The molecular weight excluding hydrogens is 344 g/mol. The molecule has 2 aliphatic heterocycles. The van der Waals surface area contributed by atoms with E-state index in [9.17, 15) is 9.59 Å². The maximum absolute atomic E-state index is 13.2. The van der Waals surface area contributed by atoms with Gasteiger partial charge in [-0.15, -0.1) is 0 Å². The molecular formula is C20H32N4O3. The zero-order valence-electron chi connectivity index (χ0n) is 17.4. The Morgan fingerprint density at radius 2 is 2.00 bits per heavy atom. The van der Waals surface area contributed by atoms with Crippen LogP contribution in [-0.2, 0) is 16.0 Å². The van der Waals surface area contributed by atoms with Crippen LogP contribution in [0.3, 0.4) is 0 Å². The van der Waals surface area contributed by atoms with Crippen molar-refractivity contribution in [1.82, 2.24) is 19.9 Å². The lowest BCUT2D eigenvalue weighted by atomic mass is 9.96. The van der Waals surface area contributed by atoms with Crippen molar-refractivity contribution in [2.24, 2.45) is 5.92 Å². The third-order valence-electron chi connectivity index (χ3n) is 6.00. The van der Waals surface area contributed by atoms with Gasteiger partial charge in [-0.3, -0.25) is 9.59 Å². The Labute approximate surface area is 161 Å². The molecule has 2 amide bonds. The summed E-state index contributed by atoms with van der Waals surface area (Å²) in [7, 11) is 4.11. The number of piperazine rings is 1. The van der Waals surface area contributed by atoms with E-state index in [0.29, 0.717) is 30.7 Å². The third kappa shape index (κ3) is 3.88. The van der Waals surface area contributed by atoms with Crippen molar-refractivity contribution in [1.29, 1.82) is 0 Å². The van der Waals surface area contributed by atoms with Crippen molar-refractivity contribution in [2.45, 2.75) is 65.1 Å². The van der Waals surface area contributed by atoms with E-state index in [1.165, 1.54) is 0 Å². The predicted octanol–water partition coefficient (Wildman–Crippen LogP) is 1.62. The van der Waals surface area contributed by atoms with Gasteiger partial charge >= 0.3 is 0 Å². The fraction of sp³-hybridized carbons (Fsp3) is 0.750. The third-order valence-corrected chi connectivity index (χ3v) is 6.00. The molecule has 0 unspecified atom stereocenters. The van der Waals surface area contributed by atoms with Gasteiger partial charge in [0.25, 0.3) is 0 Å². The molecule has 2 aliphatic rings. The Morgan fingerprint density at radius 3 is 2.56 bits per heavy atom. The molecule has 3 atom stereocenters. The summed E-state index contributed by atoms with van der Waals surface area (Å²) in [6.45, 7) is 9.26. The van der Waals surface area contributed by atoms with Gasteiger partial charge in [0.1, 0.15) is 11.8 Å². The summed E-state index contributed by atoms with van der Waals surface area (Å²) in [5.74, 6) is 1.13. The van der Waals surface area contributed by atoms with E-state index in [-0.39, 0.29) is 30.3 Å². The van der Waals surface area contributed by atoms with Crippen molar-refractivity contribution in [2.75, 3.05) is 27.2 Å². The van der Waals surface area contributed by atoms with Crippen LogP contribution in [0.4, 0.5) is 0 Å². The lowest BCUT2D eigenvalue weighted by Crippen LogP contribution is -2.61. The fourth-order valence-electron chi connectivity index (χ4n) is 4.35. The number of aromatic nitrogens is 1. The van der Waals surface area contributed by atoms with Gasteiger partial charge in [-0.2, -0.15) is 0 Å². The molecule has 0 aromatic carbocycles. The first-order valence-electron chi connectivity index (χ1n) is 9.87. The molecule has 0 radical (unpaired) electrons. The number of carbonyl (C=O) groups excluding carboxylic acids is 2. The molecule has 2 saturated heterocycles. The van der Waals surface area contributed by atoms with Crippen LogP contribution in [0, 0.1) is 19.8 Å². The van der Waals surface area contributed by atoms with Gasteiger partial charge in [0, 0.05) is 24.7 Å². The van der Waals surface area contributed by atoms with Gasteiger partial charge in [0.05, 0.1) is 18.2 Å². The highest BCUT2D eigenvalue weighted by molar-refractivity contribution is 5.90. The molecule has 150 valence electrons. The fourth-order valence-corrected chi connectivity index (χ4v) is 4.35. The van der Waals surface area contributed by atoms with Crippen LogP contribution < -0.4 is 0 Å². The first kappa shape index (κ1) is 19.9. The van der Waals surface area contributed by atoms with E-state index in [1.807, 2.05) is 23.6 Å². The van der Waals surface area contributed by atoms with Crippen molar-refractivity contribution in [3.05, 3.63) is 17.0 Å². The van der Waals surface area contributed by atoms with E-state index in [2.05, 4.69) is 38.0 Å². The number of rotatable bonds is 5. The van der Waals surface area contributed by atoms with Crippen molar-refractivity contribution < 1.29 is 14.1 Å². The summed E-state index contributed by atoms with van der Waals surface area (Å²) in [6.07, 6.45) is 1.86. The van der Waals surface area contributed by atoms with Crippen molar-refractivity contribution in [3.63, 3.8) is 0 Å². The van der Waals surface area contributed by atoms with Gasteiger partial charge in [-0.1, -0.05) is 19.0 Å². The van der Waals surface area contributed by atoms with E-state index in [4.69, 9.17) is 4.52 Å². The van der Waals surface area contributed by atoms with E-state index in [1.54, 1.807) is 0 Å². The van der Waals surface area contributed by atoms with Crippen LogP contribution in [-0.4, -0.2) is 77.0 Å². The highest BCUT2D eigenvalue weighted by Crippen LogP contribution is 2.31. The molecule has 0 N–H and O–H groups in total. The highest BCUT2D eigenvalue weighted by Gasteiger charge is 2.47. The molecule has 0 aliphatic carbocycles. The number of aryl methyl sites for hydroxylation is 2. The number of hydrogen-bond acceptors (Lipinski definition) is 5. The number of carbonyl (C=O) groups is 2. The number of likely N-dealkylation sites (N-methyl/N-ethyl adjacent to an activating group) is 1. The quantitative estimate of drug-likeness (QED) is 0.781. The SMILES string of the molecule is Cc1noc(C)c1CC(=O)N1C[C@@H]2C[C@H](N(C)C)CN2C(=O)[C@@H]1CC(C)C. The Kier molecular flexibility index (Phi) is 5.60. The molecule has 1 aromatic rings. The lowest BCUT2D eigenvalue weighted by Gasteiger charge is -2.43. The molecule has 3 heterocycles. The first-order chi connectivity index (χ1) is 12.7. The molecule has 3 rings (SSSR count). The average Bonchev–Trinajstić information content (AvgIpc) is 3.15. The summed E-state index contributed by atoms with van der Waals surface area (Å²) in [5, 5.41) is 3.95. The first-order valence-corrected chi connectivity index (χ1v) is 9.87. The maximum atomic E-state index is 13.2. The predicted molar refractivity (Wildman–Crippen MR) is 102 cm³/mol. The Bertz CT molecular complexity index is 693. The summed E-state index contributed by atoms with van der Waals surface area (Å²) in [6, 6.07) is 0.105. The molecule has 0 bridgehead atoms. The van der Waals surface area contributed by atoms with E-state index >= 15 is 0 Å². The van der Waals surface area contributed by atoms with Crippen LogP contribution >= 0.6 is 0 Å². The molecule has 1 aromatic heterocycles. The largest absolute Gasteiger partial charge is 0.361 e. The molecule has 27 heavy (non-hydrogen) atoms. The van der Waals surface area contributed by atoms with E-state index < -0.39 is 0 Å². The minimum absolute atomic E-state index is 0.00338. The molecule has 0 spiro atoms. The normalized spacial score (nSPS) is 25.6. The second-order valence-electron chi connectivity index (χ2n) is 8.67. The Balaban J connectivity index is 1.83. The lowest BCUT2D eigenvalue weighted by molar-refractivity contribution is -0.154. The zero-order chi connectivity index (χ0) is 19.9. The molecule has 7 nitrogen and oxygen atoms in total. The van der Waals surface area contributed by atoms with Crippen LogP contribution in [0.2, 0.25) is 0 Å². The maximum Gasteiger partial charge on any atom is 0.245 e. The Hall–Kier alpha value is -1.89. The van der Waals surface area contributed by atoms with Crippen LogP contribution in [0.25, 0.3) is 0 Å². The standard InChI is InChI=1S/C20H32N4O3/c1-12(2)7-18-20(26)23-10-15(22(5)6)8-16(23)11-24(18)19(25)9-17-13(3)21-27-14(17)4/h12,15-16,18H,7-11H2,1-6H3/t15-,16-,18-/m0/s1. The summed E-state index contributed by atoms with van der Waals surface area (Å²) >= 11 is 0. The average molecular weight is 377 g/mol. The molecule has 2 fully saturated rings. The van der Waals surface area contributed by atoms with Gasteiger partial charge in [0.15, 0.2) is 0 Å². The second kappa shape index (κ2) is 7.62. The number of hydrogen-bond donors (Lipinski definition) is 0. The van der Waals surface area contributed by atoms with Gasteiger partial charge in [-0.05, 0) is 46.7 Å². The number of amides is 2. The second-order valence-corrected chi connectivity index (χ2v) is 8.67. The summed E-state index contributed by atoms with van der Waals surface area (Å²) in [4.78, 5) is 32.4. The van der Waals surface area contributed by atoms with E-state index in [0.717, 1.165) is 24.2 Å². The van der Waals surface area contributed by atoms with Crippen molar-refractivity contribution in [3.8, 4) is 0 Å². The smallest absolute Gasteiger partial charge is 0.245 e. The monoisotopic (exact) mass is 376 g/mol. The van der Waals surface area contributed by atoms with Gasteiger partial charge < -0.3 is 19.2 Å². The van der Waals surface area contributed by atoms with Crippen molar-refractivity contribution >= 4 is 11.8 Å².